The zero-order chi connectivity index (χ0) is 24.7. The van der Waals surface area contributed by atoms with Crippen LogP contribution in [0.4, 0.5) is 11.4 Å². The van der Waals surface area contributed by atoms with E-state index < -0.39 is 6.04 Å². The average molecular weight is 485 g/mol. The minimum atomic E-state index is -0.412. The van der Waals surface area contributed by atoms with Crippen molar-refractivity contribution in [2.75, 3.05) is 10.2 Å². The third kappa shape index (κ3) is 4.34. The molecule has 180 valence electrons. The van der Waals surface area contributed by atoms with Crippen molar-refractivity contribution < 1.29 is 9.59 Å². The normalized spacial score (nSPS) is 20.1. The molecular weight excluding hydrogens is 452 g/mol. The Hall–Kier alpha value is -3.18. The molecule has 0 radical (unpaired) electrons. The van der Waals surface area contributed by atoms with Crippen LogP contribution in [-0.4, -0.2) is 11.7 Å². The topological polar surface area (TPSA) is 49.4 Å². The van der Waals surface area contributed by atoms with E-state index in [4.69, 9.17) is 0 Å². The predicted molar refractivity (Wildman–Crippen MR) is 144 cm³/mol. The van der Waals surface area contributed by atoms with E-state index in [1.165, 1.54) is 11.1 Å². The predicted octanol–water partition coefficient (Wildman–Crippen LogP) is 7.36. The van der Waals surface area contributed by atoms with E-state index in [9.17, 15) is 9.59 Å². The largest absolute Gasteiger partial charge is 0.357 e. The molecule has 1 aliphatic heterocycles. The van der Waals surface area contributed by atoms with E-state index in [0.29, 0.717) is 12.8 Å². The van der Waals surface area contributed by atoms with Gasteiger partial charge in [-0.15, -0.1) is 11.3 Å². The molecule has 0 saturated heterocycles. The van der Waals surface area contributed by atoms with Gasteiger partial charge in [-0.1, -0.05) is 70.2 Å². The lowest BCUT2D eigenvalue weighted by Crippen LogP contribution is -2.37. The number of rotatable bonds is 3. The van der Waals surface area contributed by atoms with Crippen molar-refractivity contribution in [1.82, 2.24) is 0 Å². The standard InChI is InChI=1S/C30H32N2O2S/c1-5-27(34)32-24-10-7-6-9-22(24)31-23-17-20(19-12-14-21(15-13-19)30(2,3)4)18-25(33)28(23)29(32)26-11-8-16-35-26/h6-16,20,29,31H,5,17-18H2,1-4H3/t20-,29-/m1/s1. The van der Waals surface area contributed by atoms with Gasteiger partial charge in [-0.05, 0) is 52.5 Å². The maximum Gasteiger partial charge on any atom is 0.227 e. The first-order valence-corrected chi connectivity index (χ1v) is 13.2. The molecule has 0 fully saturated rings. The van der Waals surface area contributed by atoms with Crippen LogP contribution in [0.25, 0.3) is 0 Å². The van der Waals surface area contributed by atoms with Gasteiger partial charge >= 0.3 is 0 Å². The van der Waals surface area contributed by atoms with Gasteiger partial charge in [-0.2, -0.15) is 0 Å². The molecule has 1 aliphatic carbocycles. The Bertz CT molecular complexity index is 1280. The first-order chi connectivity index (χ1) is 16.8. The number of carbonyl (C=O) groups excluding carboxylic acids is 2. The van der Waals surface area contributed by atoms with Crippen LogP contribution >= 0.6 is 11.3 Å². The highest BCUT2D eigenvalue weighted by Crippen LogP contribution is 2.48. The highest BCUT2D eigenvalue weighted by Gasteiger charge is 2.41. The summed E-state index contributed by atoms with van der Waals surface area (Å²) in [6.07, 6.45) is 1.55. The van der Waals surface area contributed by atoms with E-state index in [0.717, 1.165) is 33.9 Å². The summed E-state index contributed by atoms with van der Waals surface area (Å²) in [7, 11) is 0. The minimum Gasteiger partial charge on any atom is -0.357 e. The first kappa shape index (κ1) is 23.6. The number of anilines is 2. The van der Waals surface area contributed by atoms with Crippen LogP contribution in [-0.2, 0) is 15.0 Å². The molecule has 1 N–H and O–H groups in total. The fourth-order valence-electron chi connectivity index (χ4n) is 5.24. The maximum atomic E-state index is 13.9. The zero-order valence-corrected chi connectivity index (χ0v) is 21.6. The summed E-state index contributed by atoms with van der Waals surface area (Å²) in [6.45, 7) is 8.52. The number of hydrogen-bond acceptors (Lipinski definition) is 4. The molecular formula is C30H32N2O2S. The van der Waals surface area contributed by atoms with Gasteiger partial charge in [0.1, 0.15) is 6.04 Å². The van der Waals surface area contributed by atoms with Crippen LogP contribution in [0.15, 0.2) is 77.3 Å². The monoisotopic (exact) mass is 484 g/mol. The molecule has 0 spiro atoms. The van der Waals surface area contributed by atoms with Crippen LogP contribution in [0.5, 0.6) is 0 Å². The minimum absolute atomic E-state index is 0.0130. The first-order valence-electron chi connectivity index (χ1n) is 12.4. The SMILES string of the molecule is CCC(=O)N1c2ccccc2NC2=C(C(=O)C[C@H](c3ccc(C(C)(C)C)cc3)C2)[C@H]1c1cccs1. The summed E-state index contributed by atoms with van der Waals surface area (Å²) in [4.78, 5) is 30.1. The van der Waals surface area contributed by atoms with Gasteiger partial charge in [0.2, 0.25) is 5.91 Å². The zero-order valence-electron chi connectivity index (χ0n) is 20.8. The number of amides is 1. The summed E-state index contributed by atoms with van der Waals surface area (Å²) in [6, 6.07) is 20.3. The van der Waals surface area contributed by atoms with Gasteiger partial charge in [0.15, 0.2) is 5.78 Å². The Labute approximate surface area is 211 Å². The molecule has 0 bridgehead atoms. The van der Waals surface area contributed by atoms with E-state index in [1.807, 2.05) is 53.6 Å². The van der Waals surface area contributed by atoms with Crippen LogP contribution in [0.3, 0.4) is 0 Å². The molecule has 0 saturated carbocycles. The molecule has 1 amide bonds. The Balaban J connectivity index is 1.61. The molecule has 0 unspecified atom stereocenters. The van der Waals surface area contributed by atoms with Crippen LogP contribution in [0.1, 0.15) is 74.9 Å². The molecule has 2 heterocycles. The summed E-state index contributed by atoms with van der Waals surface area (Å²) < 4.78 is 0. The van der Waals surface area contributed by atoms with Crippen molar-refractivity contribution in [1.29, 1.82) is 0 Å². The Kier molecular flexibility index (Phi) is 6.14. The second-order valence-electron chi connectivity index (χ2n) is 10.5. The summed E-state index contributed by atoms with van der Waals surface area (Å²) in [5.74, 6) is 0.232. The van der Waals surface area contributed by atoms with Gasteiger partial charge in [0.25, 0.3) is 0 Å². The second-order valence-corrected chi connectivity index (χ2v) is 11.4. The number of thiophene rings is 1. The van der Waals surface area contributed by atoms with E-state index in [2.05, 4.69) is 50.4 Å². The van der Waals surface area contributed by atoms with Crippen LogP contribution in [0.2, 0.25) is 0 Å². The maximum absolute atomic E-state index is 13.9. The molecule has 1 aromatic heterocycles. The van der Waals surface area contributed by atoms with E-state index in [-0.39, 0.29) is 23.0 Å². The number of ketones is 1. The number of para-hydroxylation sites is 2. The molecule has 4 nitrogen and oxygen atoms in total. The number of allylic oxidation sites excluding steroid dienone is 1. The molecule has 2 atom stereocenters. The number of benzene rings is 2. The van der Waals surface area contributed by atoms with Gasteiger partial charge in [0.05, 0.1) is 11.4 Å². The molecule has 3 aromatic rings. The van der Waals surface area contributed by atoms with Gasteiger partial charge in [0, 0.05) is 29.0 Å². The number of fused-ring (bicyclic) bond motifs is 1. The lowest BCUT2D eigenvalue weighted by Gasteiger charge is -2.34. The lowest BCUT2D eigenvalue weighted by atomic mass is 9.78. The van der Waals surface area contributed by atoms with Crippen molar-refractivity contribution in [3.8, 4) is 0 Å². The smallest absolute Gasteiger partial charge is 0.227 e. The molecule has 5 rings (SSSR count). The number of carbonyl (C=O) groups is 2. The van der Waals surface area contributed by atoms with Crippen LogP contribution < -0.4 is 10.2 Å². The van der Waals surface area contributed by atoms with E-state index >= 15 is 0 Å². The highest BCUT2D eigenvalue weighted by molar-refractivity contribution is 7.10. The lowest BCUT2D eigenvalue weighted by molar-refractivity contribution is -0.118. The van der Waals surface area contributed by atoms with Gasteiger partial charge in [-0.25, -0.2) is 0 Å². The number of nitrogens with one attached hydrogen (secondary N) is 1. The van der Waals surface area contributed by atoms with Crippen molar-refractivity contribution in [2.24, 2.45) is 0 Å². The molecule has 2 aromatic carbocycles. The molecule has 5 heteroatoms. The third-order valence-corrected chi connectivity index (χ3v) is 8.05. The summed E-state index contributed by atoms with van der Waals surface area (Å²) in [5, 5.41) is 5.61. The Morgan fingerprint density at radius 2 is 1.77 bits per heavy atom. The highest BCUT2D eigenvalue weighted by atomic mass is 32.1. The summed E-state index contributed by atoms with van der Waals surface area (Å²) in [5.41, 5.74) is 5.93. The number of hydrogen-bond donors (Lipinski definition) is 1. The van der Waals surface area contributed by atoms with Gasteiger partial charge in [-0.3, -0.25) is 14.5 Å². The van der Waals surface area contributed by atoms with Crippen molar-refractivity contribution in [3.63, 3.8) is 0 Å². The molecule has 35 heavy (non-hydrogen) atoms. The number of Topliss-reactive ketones (excluding diaryl/α,β-unsaturated/α-hetero) is 1. The van der Waals surface area contributed by atoms with Gasteiger partial charge < -0.3 is 5.32 Å². The Morgan fingerprint density at radius 3 is 2.43 bits per heavy atom. The van der Waals surface area contributed by atoms with E-state index in [1.54, 1.807) is 11.3 Å². The fraction of sp³-hybridized carbons (Fsp3) is 0.333. The Morgan fingerprint density at radius 1 is 1.03 bits per heavy atom. The summed E-state index contributed by atoms with van der Waals surface area (Å²) >= 11 is 1.60. The molecule has 2 aliphatic rings. The van der Waals surface area contributed by atoms with Crippen molar-refractivity contribution in [2.45, 2.75) is 64.3 Å². The average Bonchev–Trinajstić information content (AvgIpc) is 3.32. The van der Waals surface area contributed by atoms with Crippen LogP contribution in [0, 0.1) is 0 Å². The van der Waals surface area contributed by atoms with Crippen molar-refractivity contribution >= 4 is 34.4 Å². The third-order valence-electron chi connectivity index (χ3n) is 7.12. The second kappa shape index (κ2) is 9.12. The fourth-order valence-corrected chi connectivity index (χ4v) is 6.07. The quantitative estimate of drug-likeness (QED) is 0.423. The van der Waals surface area contributed by atoms with Crippen molar-refractivity contribution in [3.05, 3.63) is 93.3 Å². The number of nitrogens with zero attached hydrogens (tertiary/aromatic N) is 1.